The Morgan fingerprint density at radius 1 is 1.09 bits per heavy atom. The lowest BCUT2D eigenvalue weighted by Crippen LogP contribution is -2.46. The Hall–Kier alpha value is -2.23. The molecule has 1 fully saturated rings. The third-order valence-electron chi connectivity index (χ3n) is 6.37. The molecule has 0 N–H and O–H groups in total. The van der Waals surface area contributed by atoms with Crippen molar-refractivity contribution in [3.8, 4) is 0 Å². The lowest BCUT2D eigenvalue weighted by Gasteiger charge is -2.38. The van der Waals surface area contributed by atoms with E-state index < -0.39 is 16.0 Å². The number of rotatable bonds is 5. The number of esters is 1. The summed E-state index contributed by atoms with van der Waals surface area (Å²) in [7, 11) is -3.68. The average molecular weight is 477 g/mol. The molecule has 0 aliphatic carbocycles. The van der Waals surface area contributed by atoms with Gasteiger partial charge in [-0.05, 0) is 74.4 Å². The van der Waals surface area contributed by atoms with Gasteiger partial charge in [-0.2, -0.15) is 4.31 Å². The molecule has 2 aliphatic rings. The van der Waals surface area contributed by atoms with Gasteiger partial charge in [0.25, 0.3) is 0 Å². The first kappa shape index (κ1) is 22.9. The van der Waals surface area contributed by atoms with Crippen molar-refractivity contribution >= 4 is 33.2 Å². The largest absolute Gasteiger partial charge is 0.462 e. The van der Waals surface area contributed by atoms with Gasteiger partial charge >= 0.3 is 5.97 Å². The molecule has 9 heteroatoms. The zero-order valence-corrected chi connectivity index (χ0v) is 20.0. The van der Waals surface area contributed by atoms with Gasteiger partial charge in [-0.25, -0.2) is 13.2 Å². The molecular weight excluding hydrogens is 448 g/mol. The van der Waals surface area contributed by atoms with Crippen LogP contribution in [0.5, 0.6) is 0 Å². The number of piperidine rings is 1. The van der Waals surface area contributed by atoms with E-state index in [4.69, 9.17) is 4.74 Å². The predicted molar refractivity (Wildman–Crippen MR) is 122 cm³/mol. The molecule has 32 heavy (non-hydrogen) atoms. The second-order valence-corrected chi connectivity index (χ2v) is 11.1. The fourth-order valence-electron chi connectivity index (χ4n) is 4.51. The molecule has 0 bridgehead atoms. The highest BCUT2D eigenvalue weighted by molar-refractivity contribution is 7.89. The van der Waals surface area contributed by atoms with Crippen LogP contribution in [0.15, 0.2) is 40.6 Å². The summed E-state index contributed by atoms with van der Waals surface area (Å²) in [6.45, 7) is 5.39. The molecule has 2 aliphatic heterocycles. The second kappa shape index (κ2) is 9.33. The predicted octanol–water partition coefficient (Wildman–Crippen LogP) is 3.47. The van der Waals surface area contributed by atoms with Crippen LogP contribution in [0.3, 0.4) is 0 Å². The maximum Gasteiger partial charge on any atom is 0.338 e. The smallest absolute Gasteiger partial charge is 0.338 e. The fourth-order valence-corrected chi connectivity index (χ4v) is 6.95. The molecule has 0 saturated carbocycles. The van der Waals surface area contributed by atoms with Gasteiger partial charge in [-0.3, -0.25) is 4.79 Å². The Morgan fingerprint density at radius 3 is 2.44 bits per heavy atom. The number of nitrogens with zero attached hydrogens (tertiary/aromatic N) is 2. The number of hydrogen-bond acceptors (Lipinski definition) is 6. The number of hydrogen-bond donors (Lipinski definition) is 0. The van der Waals surface area contributed by atoms with Gasteiger partial charge in [0.2, 0.25) is 15.9 Å². The van der Waals surface area contributed by atoms with Crippen LogP contribution in [0.25, 0.3) is 0 Å². The molecule has 1 saturated heterocycles. The molecule has 0 radical (unpaired) electrons. The first-order valence-corrected chi connectivity index (χ1v) is 13.3. The molecule has 7 nitrogen and oxygen atoms in total. The number of carbonyl (C=O) groups excluding carboxylic acids is 2. The monoisotopic (exact) mass is 476 g/mol. The zero-order chi connectivity index (χ0) is 22.9. The van der Waals surface area contributed by atoms with Crippen LogP contribution < -0.4 is 0 Å². The molecule has 1 aromatic carbocycles. The quantitative estimate of drug-likeness (QED) is 0.617. The number of carbonyl (C=O) groups is 2. The van der Waals surface area contributed by atoms with Crippen LogP contribution in [0, 0.1) is 5.92 Å². The minimum absolute atomic E-state index is 0.0668. The van der Waals surface area contributed by atoms with E-state index >= 15 is 0 Å². The van der Waals surface area contributed by atoms with E-state index in [1.165, 1.54) is 39.0 Å². The van der Waals surface area contributed by atoms with E-state index in [1.54, 1.807) is 18.3 Å². The second-order valence-electron chi connectivity index (χ2n) is 8.18. The van der Waals surface area contributed by atoms with Crippen molar-refractivity contribution in [2.75, 3.05) is 26.2 Å². The third-order valence-corrected chi connectivity index (χ3v) is 9.28. The number of sulfonamides is 1. The van der Waals surface area contributed by atoms with Crippen LogP contribution in [0.4, 0.5) is 0 Å². The summed E-state index contributed by atoms with van der Waals surface area (Å²) in [5, 5.41) is 2.08. The summed E-state index contributed by atoms with van der Waals surface area (Å²) >= 11 is 1.75. The van der Waals surface area contributed by atoms with Gasteiger partial charge in [0, 0.05) is 30.4 Å². The van der Waals surface area contributed by atoms with Crippen LogP contribution in [-0.4, -0.2) is 55.7 Å². The molecule has 1 amide bonds. The van der Waals surface area contributed by atoms with E-state index in [0.29, 0.717) is 31.5 Å². The summed E-state index contributed by atoms with van der Waals surface area (Å²) in [6, 6.07) is 7.98. The van der Waals surface area contributed by atoms with Gasteiger partial charge in [0.15, 0.2) is 0 Å². The Balaban J connectivity index is 1.39. The SMILES string of the molecule is CCOC(=O)c1ccc(S(=O)(=O)N2CCC(C(=O)N3CCc4sccc4C3C)CC2)cc1. The lowest BCUT2D eigenvalue weighted by molar-refractivity contribution is -0.139. The molecule has 172 valence electrons. The molecule has 1 atom stereocenters. The van der Waals surface area contributed by atoms with Crippen LogP contribution in [0.2, 0.25) is 0 Å². The highest BCUT2D eigenvalue weighted by Crippen LogP contribution is 2.35. The highest BCUT2D eigenvalue weighted by atomic mass is 32.2. The Kier molecular flexibility index (Phi) is 6.69. The number of amides is 1. The maximum absolute atomic E-state index is 13.2. The van der Waals surface area contributed by atoms with Gasteiger partial charge in [-0.1, -0.05) is 0 Å². The Bertz CT molecular complexity index is 1090. The summed E-state index contributed by atoms with van der Waals surface area (Å²) in [5.41, 5.74) is 1.56. The molecule has 4 rings (SSSR count). The van der Waals surface area contributed by atoms with E-state index in [9.17, 15) is 18.0 Å². The number of fused-ring (bicyclic) bond motifs is 1. The van der Waals surface area contributed by atoms with E-state index in [-0.39, 0.29) is 29.4 Å². The normalized spacial score (nSPS) is 20.1. The van der Waals surface area contributed by atoms with Crippen molar-refractivity contribution in [1.82, 2.24) is 9.21 Å². The molecule has 1 aromatic heterocycles. The van der Waals surface area contributed by atoms with Gasteiger partial charge in [-0.15, -0.1) is 11.3 Å². The number of benzene rings is 1. The van der Waals surface area contributed by atoms with Crippen molar-refractivity contribution in [1.29, 1.82) is 0 Å². The van der Waals surface area contributed by atoms with Gasteiger partial charge in [0.1, 0.15) is 0 Å². The van der Waals surface area contributed by atoms with Gasteiger partial charge < -0.3 is 9.64 Å². The van der Waals surface area contributed by atoms with Crippen molar-refractivity contribution in [3.05, 3.63) is 51.7 Å². The van der Waals surface area contributed by atoms with Crippen LogP contribution >= 0.6 is 11.3 Å². The molecule has 2 aromatic rings. The summed E-state index contributed by atoms with van der Waals surface area (Å²) in [6.07, 6.45) is 1.91. The van der Waals surface area contributed by atoms with E-state index in [2.05, 4.69) is 18.4 Å². The van der Waals surface area contributed by atoms with Crippen molar-refractivity contribution in [2.45, 2.75) is 44.0 Å². The number of ether oxygens (including phenoxy) is 1. The highest BCUT2D eigenvalue weighted by Gasteiger charge is 2.36. The average Bonchev–Trinajstić information content (AvgIpc) is 3.29. The maximum atomic E-state index is 13.2. The molecular formula is C23H28N2O5S2. The first-order chi connectivity index (χ1) is 15.3. The minimum atomic E-state index is -3.68. The topological polar surface area (TPSA) is 84.0 Å². The number of thiophene rings is 1. The lowest BCUT2D eigenvalue weighted by atomic mass is 9.93. The summed E-state index contributed by atoms with van der Waals surface area (Å²) in [4.78, 5) is 28.4. The molecule has 1 unspecified atom stereocenters. The Labute approximate surface area is 193 Å². The van der Waals surface area contributed by atoms with Crippen LogP contribution in [0.1, 0.15) is 53.5 Å². The third kappa shape index (κ3) is 4.33. The summed E-state index contributed by atoms with van der Waals surface area (Å²) in [5.74, 6) is -0.502. The van der Waals surface area contributed by atoms with E-state index in [0.717, 1.165) is 13.0 Å². The molecule has 3 heterocycles. The van der Waals surface area contributed by atoms with Crippen molar-refractivity contribution in [3.63, 3.8) is 0 Å². The fraction of sp³-hybridized carbons (Fsp3) is 0.478. The summed E-state index contributed by atoms with van der Waals surface area (Å²) < 4.78 is 32.5. The first-order valence-electron chi connectivity index (χ1n) is 11.0. The Morgan fingerprint density at radius 2 is 1.78 bits per heavy atom. The van der Waals surface area contributed by atoms with Gasteiger partial charge in [0.05, 0.1) is 23.1 Å². The van der Waals surface area contributed by atoms with Crippen LogP contribution in [-0.2, 0) is 26.0 Å². The standard InChI is InChI=1S/C23H28N2O5S2/c1-3-30-23(27)18-4-6-19(7-5-18)32(28,29)24-12-8-17(9-13-24)22(26)25-14-10-21-20(16(25)2)11-15-31-21/h4-7,11,15-17H,3,8-10,12-14H2,1-2H3. The van der Waals surface area contributed by atoms with Crippen molar-refractivity contribution < 1.29 is 22.7 Å². The van der Waals surface area contributed by atoms with Crippen molar-refractivity contribution in [2.24, 2.45) is 5.92 Å². The minimum Gasteiger partial charge on any atom is -0.462 e. The zero-order valence-electron chi connectivity index (χ0n) is 18.3. The molecule has 0 spiro atoms. The van der Waals surface area contributed by atoms with E-state index in [1.807, 2.05) is 4.90 Å².